The van der Waals surface area contributed by atoms with Crippen LogP contribution in [0.25, 0.3) is 0 Å². The highest BCUT2D eigenvalue weighted by atomic mass is 32.2. The molecule has 178 valence electrons. The molecular weight excluding hydrogens is 464 g/mol. The lowest BCUT2D eigenvalue weighted by Gasteiger charge is -2.31. The van der Waals surface area contributed by atoms with Crippen LogP contribution in [0.5, 0.6) is 11.5 Å². The van der Waals surface area contributed by atoms with Crippen LogP contribution in [0.2, 0.25) is 0 Å². The zero-order chi connectivity index (χ0) is 23.1. The molecule has 0 radical (unpaired) electrons. The SMILES string of the molecule is Cn1c(C[C@@H]2CCS(=O)(=O)C2)nnc1SCC(=O)Nc1ccc2c(c1)OC1(CCCCC1)O2. The van der Waals surface area contributed by atoms with E-state index in [1.807, 2.05) is 29.8 Å². The summed E-state index contributed by atoms with van der Waals surface area (Å²) >= 11 is 1.30. The van der Waals surface area contributed by atoms with Gasteiger partial charge in [-0.3, -0.25) is 4.79 Å². The predicted molar refractivity (Wildman–Crippen MR) is 124 cm³/mol. The highest BCUT2D eigenvalue weighted by Crippen LogP contribution is 2.46. The standard InChI is InChI=1S/C22H28N4O5S2/c1-26-19(11-15-7-10-33(28,29)14-15)24-25-21(26)32-13-20(27)23-16-5-6-17-18(12-16)31-22(30-17)8-3-2-4-9-22/h5-6,12,15H,2-4,7-11,13-14H2,1H3,(H,23,27)/t15-/m0/s1. The second-order valence-electron chi connectivity index (χ2n) is 9.10. The van der Waals surface area contributed by atoms with Gasteiger partial charge < -0.3 is 19.4 Å². The highest BCUT2D eigenvalue weighted by molar-refractivity contribution is 7.99. The molecule has 2 aliphatic heterocycles. The van der Waals surface area contributed by atoms with Gasteiger partial charge in [-0.25, -0.2) is 8.42 Å². The molecule has 1 atom stereocenters. The number of anilines is 1. The van der Waals surface area contributed by atoms with Crippen LogP contribution in [0.4, 0.5) is 5.69 Å². The highest BCUT2D eigenvalue weighted by Gasteiger charge is 2.42. The molecule has 1 saturated heterocycles. The number of hydrogen-bond donors (Lipinski definition) is 1. The van der Waals surface area contributed by atoms with Gasteiger partial charge in [-0.2, -0.15) is 0 Å². The lowest BCUT2D eigenvalue weighted by atomic mass is 9.94. The Kier molecular flexibility index (Phi) is 6.02. The molecular formula is C22H28N4O5S2. The summed E-state index contributed by atoms with van der Waals surface area (Å²) in [6.07, 6.45) is 6.41. The molecule has 1 saturated carbocycles. The Morgan fingerprint density at radius 2 is 2.00 bits per heavy atom. The minimum Gasteiger partial charge on any atom is -0.448 e. The molecule has 0 unspecified atom stereocenters. The van der Waals surface area contributed by atoms with Crippen molar-refractivity contribution in [1.82, 2.24) is 14.8 Å². The van der Waals surface area contributed by atoms with Crippen LogP contribution in [0.1, 0.15) is 44.3 Å². The molecule has 2 aromatic rings. The fraction of sp³-hybridized carbons (Fsp3) is 0.591. The van der Waals surface area contributed by atoms with E-state index in [0.717, 1.165) is 37.3 Å². The average Bonchev–Trinajstić information content (AvgIpc) is 3.42. The molecule has 1 amide bonds. The molecule has 33 heavy (non-hydrogen) atoms. The number of carbonyl (C=O) groups excluding carboxylic acids is 1. The monoisotopic (exact) mass is 492 g/mol. The quantitative estimate of drug-likeness (QED) is 0.613. The summed E-state index contributed by atoms with van der Waals surface area (Å²) in [5.41, 5.74) is 0.664. The van der Waals surface area contributed by atoms with Crippen LogP contribution in [0.15, 0.2) is 23.4 Å². The second kappa shape index (κ2) is 8.83. The summed E-state index contributed by atoms with van der Waals surface area (Å²) in [6.45, 7) is 0. The summed E-state index contributed by atoms with van der Waals surface area (Å²) in [4.78, 5) is 12.5. The summed E-state index contributed by atoms with van der Waals surface area (Å²) in [6, 6.07) is 5.49. The fourth-order valence-electron chi connectivity index (χ4n) is 4.73. The molecule has 1 aromatic carbocycles. The predicted octanol–water partition coefficient (Wildman–Crippen LogP) is 2.95. The number of carbonyl (C=O) groups is 1. The molecule has 1 aromatic heterocycles. The van der Waals surface area contributed by atoms with Crippen LogP contribution < -0.4 is 14.8 Å². The Balaban J connectivity index is 1.15. The summed E-state index contributed by atoms with van der Waals surface area (Å²) < 4.78 is 37.4. The first-order chi connectivity index (χ1) is 15.8. The molecule has 9 nitrogen and oxygen atoms in total. The van der Waals surface area contributed by atoms with Gasteiger partial charge in [0.25, 0.3) is 5.79 Å². The van der Waals surface area contributed by atoms with Gasteiger partial charge in [0.05, 0.1) is 17.3 Å². The number of rotatable bonds is 6. The largest absolute Gasteiger partial charge is 0.448 e. The Hall–Kier alpha value is -2.27. The van der Waals surface area contributed by atoms with E-state index >= 15 is 0 Å². The van der Waals surface area contributed by atoms with E-state index in [1.165, 1.54) is 18.2 Å². The second-order valence-corrected chi connectivity index (χ2v) is 12.3. The topological polar surface area (TPSA) is 112 Å². The number of sulfone groups is 1. The van der Waals surface area contributed by atoms with Crippen LogP contribution in [0.3, 0.4) is 0 Å². The zero-order valence-corrected chi connectivity index (χ0v) is 20.2. The summed E-state index contributed by atoms with van der Waals surface area (Å²) in [7, 11) is -1.07. The summed E-state index contributed by atoms with van der Waals surface area (Å²) in [5.74, 6) is 2.18. The van der Waals surface area contributed by atoms with E-state index in [2.05, 4.69) is 15.5 Å². The molecule has 3 aliphatic rings. The lowest BCUT2D eigenvalue weighted by Crippen LogP contribution is -2.40. The van der Waals surface area contributed by atoms with Crippen LogP contribution in [-0.2, 0) is 28.1 Å². The summed E-state index contributed by atoms with van der Waals surface area (Å²) in [5, 5.41) is 11.9. The Morgan fingerprint density at radius 1 is 1.21 bits per heavy atom. The fourth-order valence-corrected chi connectivity index (χ4v) is 7.32. The maximum absolute atomic E-state index is 12.5. The molecule has 2 fully saturated rings. The van der Waals surface area contributed by atoms with E-state index in [0.29, 0.717) is 29.4 Å². The first kappa shape index (κ1) is 22.5. The number of aromatic nitrogens is 3. The number of ether oxygens (including phenoxy) is 2. The smallest absolute Gasteiger partial charge is 0.251 e. The van der Waals surface area contributed by atoms with Crippen molar-refractivity contribution in [3.05, 3.63) is 24.0 Å². The maximum atomic E-state index is 12.5. The van der Waals surface area contributed by atoms with Gasteiger partial charge >= 0.3 is 0 Å². The van der Waals surface area contributed by atoms with Crippen molar-refractivity contribution in [2.24, 2.45) is 13.0 Å². The molecule has 1 N–H and O–H groups in total. The molecule has 11 heteroatoms. The number of thioether (sulfide) groups is 1. The number of amides is 1. The van der Waals surface area contributed by atoms with Crippen molar-refractivity contribution in [2.75, 3.05) is 22.6 Å². The van der Waals surface area contributed by atoms with Gasteiger partial charge in [-0.05, 0) is 37.3 Å². The number of hydrogen-bond acceptors (Lipinski definition) is 8. The third kappa shape index (κ3) is 4.98. The van der Waals surface area contributed by atoms with Crippen molar-refractivity contribution < 1.29 is 22.7 Å². The van der Waals surface area contributed by atoms with Gasteiger partial charge in [0.1, 0.15) is 5.82 Å². The van der Waals surface area contributed by atoms with E-state index < -0.39 is 15.6 Å². The van der Waals surface area contributed by atoms with Crippen molar-refractivity contribution >= 4 is 33.2 Å². The molecule has 1 aliphatic carbocycles. The number of nitrogens with zero attached hydrogens (tertiary/aromatic N) is 3. The van der Waals surface area contributed by atoms with Crippen molar-refractivity contribution in [1.29, 1.82) is 0 Å². The zero-order valence-electron chi connectivity index (χ0n) is 18.6. The average molecular weight is 493 g/mol. The van der Waals surface area contributed by atoms with Gasteiger partial charge in [-0.1, -0.05) is 18.2 Å². The molecule has 0 bridgehead atoms. The first-order valence-corrected chi connectivity index (χ1v) is 14.1. The minimum absolute atomic E-state index is 0.0813. The maximum Gasteiger partial charge on any atom is 0.251 e. The number of benzene rings is 1. The normalized spacial score (nSPS) is 22.5. The van der Waals surface area contributed by atoms with Crippen LogP contribution in [-0.4, -0.2) is 52.1 Å². The third-order valence-corrected chi connectivity index (χ3v) is 9.35. The van der Waals surface area contributed by atoms with Gasteiger partial charge in [0, 0.05) is 38.1 Å². The third-order valence-electron chi connectivity index (χ3n) is 6.49. The first-order valence-electron chi connectivity index (χ1n) is 11.3. The van der Waals surface area contributed by atoms with E-state index in [-0.39, 0.29) is 29.1 Å². The van der Waals surface area contributed by atoms with Gasteiger partial charge in [0.2, 0.25) is 5.91 Å². The van der Waals surface area contributed by atoms with Crippen molar-refractivity contribution in [3.8, 4) is 11.5 Å². The van der Waals surface area contributed by atoms with E-state index in [4.69, 9.17) is 9.47 Å². The van der Waals surface area contributed by atoms with Gasteiger partial charge in [-0.15, -0.1) is 10.2 Å². The van der Waals surface area contributed by atoms with Crippen molar-refractivity contribution in [3.63, 3.8) is 0 Å². The van der Waals surface area contributed by atoms with Crippen LogP contribution >= 0.6 is 11.8 Å². The Bertz CT molecular complexity index is 1160. The van der Waals surface area contributed by atoms with Gasteiger partial charge in [0.15, 0.2) is 26.5 Å². The number of fused-ring (bicyclic) bond motifs is 1. The van der Waals surface area contributed by atoms with E-state index in [1.54, 1.807) is 0 Å². The number of nitrogens with one attached hydrogen (secondary N) is 1. The minimum atomic E-state index is -2.92. The Labute approximate surface area is 197 Å². The molecule has 3 heterocycles. The lowest BCUT2D eigenvalue weighted by molar-refractivity contribution is -0.113. The Morgan fingerprint density at radius 3 is 2.76 bits per heavy atom. The van der Waals surface area contributed by atoms with Crippen LogP contribution in [0, 0.1) is 5.92 Å². The molecule has 5 rings (SSSR count). The molecule has 1 spiro atoms. The van der Waals surface area contributed by atoms with Crippen molar-refractivity contribution in [2.45, 2.75) is 55.9 Å². The van der Waals surface area contributed by atoms with E-state index in [9.17, 15) is 13.2 Å².